The van der Waals surface area contributed by atoms with E-state index in [1.165, 1.54) is 22.3 Å². The molecule has 2 amide bonds. The number of rotatable bonds is 8. The summed E-state index contributed by atoms with van der Waals surface area (Å²) in [4.78, 5) is 39.9. The first-order chi connectivity index (χ1) is 21.8. The summed E-state index contributed by atoms with van der Waals surface area (Å²) >= 11 is 1.24. The summed E-state index contributed by atoms with van der Waals surface area (Å²) in [5.74, 6) is -1.22. The van der Waals surface area contributed by atoms with E-state index in [9.17, 15) is 22.8 Å². The monoisotopic (exact) mass is 634 g/mol. The van der Waals surface area contributed by atoms with E-state index in [1.54, 1.807) is 36.1 Å². The molecule has 1 unspecified atom stereocenters. The topological polar surface area (TPSA) is 83.4 Å². The van der Waals surface area contributed by atoms with Gasteiger partial charge in [-0.1, -0.05) is 31.2 Å². The first-order valence-corrected chi connectivity index (χ1v) is 16.2. The number of nitrogens with zero attached hydrogens (tertiary/aromatic N) is 5. The molecule has 8 nitrogen and oxygen atoms in total. The maximum absolute atomic E-state index is 15.0. The molecule has 234 valence electrons. The van der Waals surface area contributed by atoms with Crippen molar-refractivity contribution < 1.29 is 22.8 Å². The quantitative estimate of drug-likeness (QED) is 0.244. The number of amides is 2. The van der Waals surface area contributed by atoms with Gasteiger partial charge in [-0.15, -0.1) is 11.3 Å². The number of nitrogens with one attached hydrogen (secondary N) is 1. The highest BCUT2D eigenvalue weighted by Gasteiger charge is 2.42. The number of fused-ring (bicyclic) bond motifs is 2. The van der Waals surface area contributed by atoms with E-state index in [2.05, 4.69) is 20.2 Å². The number of hydrogen-bond acceptors (Lipinski definition) is 6. The third kappa shape index (κ3) is 5.43. The highest BCUT2D eigenvalue weighted by Crippen LogP contribution is 2.41. The lowest BCUT2D eigenvalue weighted by Crippen LogP contribution is -2.40. The summed E-state index contributed by atoms with van der Waals surface area (Å²) in [7, 11) is 0. The number of likely N-dealkylation sites (tertiary alicyclic amines) is 1. The van der Waals surface area contributed by atoms with Gasteiger partial charge in [0.05, 0.1) is 12.0 Å². The summed E-state index contributed by atoms with van der Waals surface area (Å²) in [6.07, 6.45) is 1.73. The molecule has 0 bridgehead atoms. The third-order valence-electron chi connectivity index (χ3n) is 9.36. The molecule has 45 heavy (non-hydrogen) atoms. The standard InChI is InChI=1S/C33H33F3N6O2S/c1-2-40-12-9-22(26(34)17-40)20-7-5-19(6-8-20)21-14-23(30(35)36)25-16-42(32(44)24(25)15-21)29(31(43)39-33-37-10-13-45-33)28-27-4-3-11-41(27)18-38-28/h5-8,10,13-15,18,22,26,29-30H,2-4,9,11-12,16-17H2,1H3,(H,37,39,43)/t22-,26+,29?/m0/s1. The molecular weight excluding hydrogens is 601 g/mol. The van der Waals surface area contributed by atoms with Crippen LogP contribution in [-0.4, -0.2) is 62.0 Å². The minimum atomic E-state index is -2.83. The fourth-order valence-electron chi connectivity index (χ4n) is 6.99. The van der Waals surface area contributed by atoms with Crippen LogP contribution in [0.25, 0.3) is 11.1 Å². The maximum atomic E-state index is 15.0. The molecular formula is C33H33F3N6O2S. The lowest BCUT2D eigenvalue weighted by atomic mass is 9.86. The summed E-state index contributed by atoms with van der Waals surface area (Å²) in [6.45, 7) is 4.68. The number of benzene rings is 2. The van der Waals surface area contributed by atoms with Crippen molar-refractivity contribution in [2.75, 3.05) is 25.0 Å². The molecule has 2 aromatic heterocycles. The molecule has 0 radical (unpaired) electrons. The van der Waals surface area contributed by atoms with Crippen molar-refractivity contribution in [1.29, 1.82) is 0 Å². The Morgan fingerprint density at radius 1 is 1.13 bits per heavy atom. The SMILES string of the molecule is CCN1CC[C@@H](c2ccc(-c3cc4c(c(C(F)F)c3)CN(C(C(=O)Nc3nccs3)c3ncn5c3CCC5)C4=O)cc2)[C@H](F)C1. The van der Waals surface area contributed by atoms with Crippen LogP contribution in [0.2, 0.25) is 0 Å². The predicted molar refractivity (Wildman–Crippen MR) is 165 cm³/mol. The first kappa shape index (κ1) is 29.7. The largest absolute Gasteiger partial charge is 0.334 e. The van der Waals surface area contributed by atoms with Crippen LogP contribution in [0, 0.1) is 0 Å². The van der Waals surface area contributed by atoms with Gasteiger partial charge >= 0.3 is 0 Å². The Bertz CT molecular complexity index is 1720. The fraction of sp³-hybridized carbons (Fsp3) is 0.394. The molecule has 3 aliphatic rings. The molecule has 5 heterocycles. The molecule has 0 aliphatic carbocycles. The minimum absolute atomic E-state index is 0.144. The molecule has 4 aromatic rings. The van der Waals surface area contributed by atoms with Crippen LogP contribution in [-0.2, 0) is 24.3 Å². The van der Waals surface area contributed by atoms with Crippen LogP contribution < -0.4 is 5.32 Å². The summed E-state index contributed by atoms with van der Waals surface area (Å²) in [6, 6.07) is 9.26. The van der Waals surface area contributed by atoms with Gasteiger partial charge in [0.2, 0.25) is 0 Å². The van der Waals surface area contributed by atoms with Crippen molar-refractivity contribution >= 4 is 28.3 Å². The van der Waals surface area contributed by atoms with E-state index in [-0.39, 0.29) is 29.2 Å². The van der Waals surface area contributed by atoms with Crippen LogP contribution in [0.3, 0.4) is 0 Å². The van der Waals surface area contributed by atoms with Crippen molar-refractivity contribution in [3.05, 3.63) is 87.9 Å². The van der Waals surface area contributed by atoms with Crippen LogP contribution in [0.1, 0.15) is 76.6 Å². The van der Waals surface area contributed by atoms with Gasteiger partial charge in [-0.3, -0.25) is 14.9 Å². The smallest absolute Gasteiger partial charge is 0.264 e. The number of carbonyl (C=O) groups excluding carboxylic acids is 2. The summed E-state index contributed by atoms with van der Waals surface area (Å²) < 4.78 is 46.1. The molecule has 0 spiro atoms. The summed E-state index contributed by atoms with van der Waals surface area (Å²) in [5.41, 5.74) is 3.42. The third-order valence-corrected chi connectivity index (χ3v) is 10.0. The van der Waals surface area contributed by atoms with Gasteiger partial charge in [-0.2, -0.15) is 0 Å². The Labute approximate surface area is 262 Å². The van der Waals surface area contributed by atoms with E-state index in [0.29, 0.717) is 41.3 Å². The van der Waals surface area contributed by atoms with Crippen molar-refractivity contribution in [2.24, 2.45) is 0 Å². The van der Waals surface area contributed by atoms with E-state index in [1.807, 2.05) is 23.6 Å². The molecule has 3 atom stereocenters. The number of halogens is 3. The predicted octanol–water partition coefficient (Wildman–Crippen LogP) is 6.37. The zero-order chi connectivity index (χ0) is 31.2. The van der Waals surface area contributed by atoms with Gasteiger partial charge in [-0.25, -0.2) is 23.1 Å². The molecule has 1 saturated heterocycles. The van der Waals surface area contributed by atoms with Gasteiger partial charge < -0.3 is 14.4 Å². The van der Waals surface area contributed by atoms with Crippen LogP contribution in [0.15, 0.2) is 54.3 Å². The van der Waals surface area contributed by atoms with E-state index in [4.69, 9.17) is 0 Å². The zero-order valence-corrected chi connectivity index (χ0v) is 25.6. The van der Waals surface area contributed by atoms with E-state index < -0.39 is 30.5 Å². The van der Waals surface area contributed by atoms with Gasteiger partial charge in [0, 0.05) is 53.9 Å². The Hall–Kier alpha value is -4.03. The number of alkyl halides is 3. The average molecular weight is 635 g/mol. The lowest BCUT2D eigenvalue weighted by molar-refractivity contribution is -0.121. The van der Waals surface area contributed by atoms with Gasteiger partial charge in [-0.05, 0) is 66.7 Å². The summed E-state index contributed by atoms with van der Waals surface area (Å²) in [5, 5.41) is 4.89. The molecule has 12 heteroatoms. The van der Waals surface area contributed by atoms with Crippen molar-refractivity contribution in [2.45, 2.75) is 63.8 Å². The maximum Gasteiger partial charge on any atom is 0.264 e. The first-order valence-electron chi connectivity index (χ1n) is 15.3. The second-order valence-electron chi connectivity index (χ2n) is 11.9. The van der Waals surface area contributed by atoms with Gasteiger partial charge in [0.15, 0.2) is 11.2 Å². The Morgan fingerprint density at radius 3 is 2.67 bits per heavy atom. The highest BCUT2D eigenvalue weighted by atomic mass is 32.1. The molecule has 0 saturated carbocycles. The van der Waals surface area contributed by atoms with Crippen LogP contribution in [0.5, 0.6) is 0 Å². The van der Waals surface area contributed by atoms with Crippen molar-refractivity contribution in [3.63, 3.8) is 0 Å². The van der Waals surface area contributed by atoms with Gasteiger partial charge in [0.25, 0.3) is 18.2 Å². The molecule has 7 rings (SSSR count). The molecule has 2 aromatic carbocycles. The number of carbonyl (C=O) groups is 2. The van der Waals surface area contributed by atoms with Crippen LogP contribution >= 0.6 is 11.3 Å². The highest BCUT2D eigenvalue weighted by molar-refractivity contribution is 7.13. The van der Waals surface area contributed by atoms with Crippen molar-refractivity contribution in [1.82, 2.24) is 24.3 Å². The van der Waals surface area contributed by atoms with Crippen molar-refractivity contribution in [3.8, 4) is 11.1 Å². The van der Waals surface area contributed by atoms with E-state index >= 15 is 0 Å². The number of aromatic nitrogens is 3. The Kier molecular flexibility index (Phi) is 7.95. The number of hydrogen-bond donors (Lipinski definition) is 1. The zero-order valence-electron chi connectivity index (χ0n) is 24.8. The normalized spacial score (nSPS) is 20.5. The van der Waals surface area contributed by atoms with Gasteiger partial charge in [0.1, 0.15) is 6.17 Å². The average Bonchev–Trinajstić information content (AvgIpc) is 3.85. The number of aryl methyl sites for hydroxylation is 1. The minimum Gasteiger partial charge on any atom is -0.334 e. The number of imidazole rings is 1. The number of anilines is 1. The lowest BCUT2D eigenvalue weighted by Gasteiger charge is -2.34. The molecule has 3 aliphatic heterocycles. The molecule has 1 fully saturated rings. The molecule has 1 N–H and O–H groups in total. The second-order valence-corrected chi connectivity index (χ2v) is 12.7. The Balaban J connectivity index is 1.21. The number of piperidine rings is 1. The fourth-order valence-corrected chi connectivity index (χ4v) is 7.52. The number of thiazole rings is 1. The second kappa shape index (κ2) is 12.1. The van der Waals surface area contributed by atoms with Crippen LogP contribution in [0.4, 0.5) is 18.3 Å². The van der Waals surface area contributed by atoms with E-state index in [0.717, 1.165) is 37.3 Å². The Morgan fingerprint density at radius 2 is 1.96 bits per heavy atom.